The zero-order chi connectivity index (χ0) is 13.7. The fraction of sp³-hybridized carbons (Fsp3) is 0.500. The number of carbonyl (C=O) groups is 1. The molecule has 0 bridgehead atoms. The topological polar surface area (TPSA) is 29.5 Å². The molecule has 0 unspecified atom stereocenters. The standard InChI is InChI=1S/C14H17BrFNO2/c15-11-7-12(16)9-13(8-11)19-10-14(18)17-5-3-1-2-4-6-17/h7-9H,1-6,10H2. The van der Waals surface area contributed by atoms with E-state index in [4.69, 9.17) is 4.74 Å². The normalized spacial score (nSPS) is 16.0. The van der Waals surface area contributed by atoms with Crippen LogP contribution in [0.5, 0.6) is 5.75 Å². The van der Waals surface area contributed by atoms with Crippen molar-refractivity contribution >= 4 is 21.8 Å². The average molecular weight is 330 g/mol. The number of hydrogen-bond donors (Lipinski definition) is 0. The van der Waals surface area contributed by atoms with Crippen molar-refractivity contribution in [2.45, 2.75) is 25.7 Å². The number of halogens is 2. The van der Waals surface area contributed by atoms with E-state index in [0.29, 0.717) is 10.2 Å². The second-order valence-corrected chi connectivity index (χ2v) is 5.60. The van der Waals surface area contributed by atoms with Crippen molar-refractivity contribution in [1.82, 2.24) is 4.90 Å². The maximum absolute atomic E-state index is 13.2. The molecule has 1 saturated heterocycles. The molecule has 104 valence electrons. The van der Waals surface area contributed by atoms with E-state index in [1.54, 1.807) is 6.07 Å². The van der Waals surface area contributed by atoms with Gasteiger partial charge in [0.1, 0.15) is 11.6 Å². The van der Waals surface area contributed by atoms with Crippen LogP contribution in [-0.4, -0.2) is 30.5 Å². The molecule has 0 aliphatic carbocycles. The van der Waals surface area contributed by atoms with Gasteiger partial charge in [-0.2, -0.15) is 0 Å². The molecule has 0 saturated carbocycles. The fourth-order valence-corrected chi connectivity index (χ4v) is 2.61. The van der Waals surface area contributed by atoms with Crippen molar-refractivity contribution in [2.75, 3.05) is 19.7 Å². The van der Waals surface area contributed by atoms with Crippen LogP contribution in [0.3, 0.4) is 0 Å². The zero-order valence-corrected chi connectivity index (χ0v) is 12.3. The number of nitrogens with zero attached hydrogens (tertiary/aromatic N) is 1. The molecule has 0 spiro atoms. The molecule has 1 aliphatic heterocycles. The number of ether oxygens (including phenoxy) is 1. The Kier molecular flexibility index (Phi) is 5.19. The fourth-order valence-electron chi connectivity index (χ4n) is 2.17. The van der Waals surface area contributed by atoms with Crippen molar-refractivity contribution in [3.8, 4) is 5.75 Å². The predicted molar refractivity (Wildman–Crippen MR) is 74.6 cm³/mol. The molecule has 0 radical (unpaired) electrons. The van der Waals surface area contributed by atoms with E-state index in [2.05, 4.69) is 15.9 Å². The second kappa shape index (κ2) is 6.89. The number of benzene rings is 1. The van der Waals surface area contributed by atoms with E-state index in [9.17, 15) is 9.18 Å². The van der Waals surface area contributed by atoms with Gasteiger partial charge in [-0.25, -0.2) is 4.39 Å². The molecule has 1 aromatic carbocycles. The summed E-state index contributed by atoms with van der Waals surface area (Å²) in [6, 6.07) is 4.28. The monoisotopic (exact) mass is 329 g/mol. The number of likely N-dealkylation sites (tertiary alicyclic amines) is 1. The first-order valence-corrected chi connectivity index (χ1v) is 7.31. The molecule has 1 aliphatic rings. The summed E-state index contributed by atoms with van der Waals surface area (Å²) < 4.78 is 19.1. The third-order valence-electron chi connectivity index (χ3n) is 3.16. The molecule has 1 heterocycles. The summed E-state index contributed by atoms with van der Waals surface area (Å²) >= 11 is 3.19. The lowest BCUT2D eigenvalue weighted by molar-refractivity contribution is -0.133. The number of carbonyl (C=O) groups excluding carboxylic acids is 1. The first-order chi connectivity index (χ1) is 9.15. The van der Waals surface area contributed by atoms with Gasteiger partial charge in [-0.15, -0.1) is 0 Å². The zero-order valence-electron chi connectivity index (χ0n) is 10.7. The summed E-state index contributed by atoms with van der Waals surface area (Å²) in [5.41, 5.74) is 0. The second-order valence-electron chi connectivity index (χ2n) is 4.69. The van der Waals surface area contributed by atoms with Gasteiger partial charge in [-0.05, 0) is 25.0 Å². The Morgan fingerprint density at radius 2 is 1.89 bits per heavy atom. The highest BCUT2D eigenvalue weighted by atomic mass is 79.9. The minimum absolute atomic E-state index is 0.0257. The van der Waals surface area contributed by atoms with Gasteiger partial charge >= 0.3 is 0 Å². The van der Waals surface area contributed by atoms with Crippen LogP contribution in [0.1, 0.15) is 25.7 Å². The smallest absolute Gasteiger partial charge is 0.260 e. The van der Waals surface area contributed by atoms with Crippen molar-refractivity contribution < 1.29 is 13.9 Å². The van der Waals surface area contributed by atoms with Crippen LogP contribution in [0.25, 0.3) is 0 Å². The van der Waals surface area contributed by atoms with Gasteiger partial charge in [0.2, 0.25) is 0 Å². The molecular weight excluding hydrogens is 313 g/mol. The minimum Gasteiger partial charge on any atom is -0.484 e. The Bertz CT molecular complexity index is 425. The Morgan fingerprint density at radius 3 is 2.53 bits per heavy atom. The molecule has 2 rings (SSSR count). The van der Waals surface area contributed by atoms with Gasteiger partial charge in [0.25, 0.3) is 5.91 Å². The van der Waals surface area contributed by atoms with E-state index < -0.39 is 0 Å². The first-order valence-electron chi connectivity index (χ1n) is 6.52. The molecule has 1 aromatic rings. The lowest BCUT2D eigenvalue weighted by atomic mass is 10.2. The van der Waals surface area contributed by atoms with Crippen LogP contribution in [0.15, 0.2) is 22.7 Å². The summed E-state index contributed by atoms with van der Waals surface area (Å²) in [5, 5.41) is 0. The number of hydrogen-bond acceptors (Lipinski definition) is 2. The van der Waals surface area contributed by atoms with E-state index in [-0.39, 0.29) is 18.3 Å². The van der Waals surface area contributed by atoms with Crippen molar-refractivity contribution in [3.63, 3.8) is 0 Å². The Hall–Kier alpha value is -1.10. The summed E-state index contributed by atoms with van der Waals surface area (Å²) in [4.78, 5) is 13.8. The van der Waals surface area contributed by atoms with Crippen LogP contribution in [-0.2, 0) is 4.79 Å². The highest BCUT2D eigenvalue weighted by molar-refractivity contribution is 9.10. The number of rotatable bonds is 3. The van der Waals surface area contributed by atoms with Gasteiger partial charge < -0.3 is 9.64 Å². The third-order valence-corrected chi connectivity index (χ3v) is 3.61. The summed E-state index contributed by atoms with van der Waals surface area (Å²) in [7, 11) is 0. The molecule has 1 amide bonds. The molecule has 0 atom stereocenters. The molecule has 19 heavy (non-hydrogen) atoms. The molecule has 0 N–H and O–H groups in total. The van der Waals surface area contributed by atoms with Gasteiger partial charge in [0.05, 0.1) is 0 Å². The summed E-state index contributed by atoms with van der Waals surface area (Å²) in [6.45, 7) is 1.57. The summed E-state index contributed by atoms with van der Waals surface area (Å²) in [5.74, 6) is -0.0380. The van der Waals surface area contributed by atoms with E-state index in [1.165, 1.54) is 25.0 Å². The molecule has 1 fully saturated rings. The molecule has 3 nitrogen and oxygen atoms in total. The van der Waals surface area contributed by atoms with Gasteiger partial charge in [-0.1, -0.05) is 28.8 Å². The lowest BCUT2D eigenvalue weighted by Gasteiger charge is -2.20. The third kappa shape index (κ3) is 4.49. The Balaban J connectivity index is 1.88. The molecule has 0 aromatic heterocycles. The van der Waals surface area contributed by atoms with Crippen LogP contribution in [0, 0.1) is 5.82 Å². The lowest BCUT2D eigenvalue weighted by Crippen LogP contribution is -2.35. The average Bonchev–Trinajstić information content (AvgIpc) is 2.63. The Labute approximate surface area is 120 Å². The van der Waals surface area contributed by atoms with Crippen molar-refractivity contribution in [1.29, 1.82) is 0 Å². The van der Waals surface area contributed by atoms with Gasteiger partial charge in [0, 0.05) is 23.6 Å². The van der Waals surface area contributed by atoms with E-state index in [0.717, 1.165) is 25.9 Å². The van der Waals surface area contributed by atoms with Gasteiger partial charge in [0.15, 0.2) is 6.61 Å². The molecule has 5 heteroatoms. The van der Waals surface area contributed by atoms with Gasteiger partial charge in [-0.3, -0.25) is 4.79 Å². The summed E-state index contributed by atoms with van der Waals surface area (Å²) in [6.07, 6.45) is 4.47. The van der Waals surface area contributed by atoms with Crippen LogP contribution in [0.4, 0.5) is 4.39 Å². The highest BCUT2D eigenvalue weighted by Crippen LogP contribution is 2.20. The van der Waals surface area contributed by atoms with Crippen molar-refractivity contribution in [3.05, 3.63) is 28.5 Å². The maximum Gasteiger partial charge on any atom is 0.260 e. The Morgan fingerprint density at radius 1 is 1.21 bits per heavy atom. The minimum atomic E-state index is -0.383. The quantitative estimate of drug-likeness (QED) is 0.850. The molecular formula is C14H17BrFNO2. The van der Waals surface area contributed by atoms with Crippen molar-refractivity contribution in [2.24, 2.45) is 0 Å². The number of amides is 1. The van der Waals surface area contributed by atoms with E-state index in [1.807, 2.05) is 4.90 Å². The highest BCUT2D eigenvalue weighted by Gasteiger charge is 2.16. The van der Waals surface area contributed by atoms with Crippen LogP contribution < -0.4 is 4.74 Å². The first kappa shape index (κ1) is 14.3. The SMILES string of the molecule is O=C(COc1cc(F)cc(Br)c1)N1CCCCCC1. The largest absolute Gasteiger partial charge is 0.484 e. The van der Waals surface area contributed by atoms with Crippen LogP contribution >= 0.6 is 15.9 Å². The predicted octanol–water partition coefficient (Wildman–Crippen LogP) is 3.37. The van der Waals surface area contributed by atoms with E-state index >= 15 is 0 Å². The van der Waals surface area contributed by atoms with Crippen LogP contribution in [0.2, 0.25) is 0 Å². The maximum atomic E-state index is 13.2.